The molecule has 0 spiro atoms. The van der Waals surface area contributed by atoms with Crippen LogP contribution in [0.1, 0.15) is 27.2 Å². The van der Waals surface area contributed by atoms with Crippen molar-refractivity contribution >= 4 is 29.9 Å². The third-order valence-electron chi connectivity index (χ3n) is 5.49. The summed E-state index contributed by atoms with van der Waals surface area (Å²) in [5, 5.41) is 3.70. The van der Waals surface area contributed by atoms with E-state index in [1.165, 1.54) is 0 Å². The topological polar surface area (TPSA) is 46.1 Å². The fourth-order valence-electron chi connectivity index (χ4n) is 4.11. The first kappa shape index (κ1) is 21.3. The third kappa shape index (κ3) is 4.44. The Kier molecular flexibility index (Phi) is 7.58. The van der Waals surface area contributed by atoms with Gasteiger partial charge in [-0.15, -0.1) is 24.0 Å². The normalized spacial score (nSPS) is 26.3. The molecular formula is C20H32IN3O2. The largest absolute Gasteiger partial charge is 0.492 e. The van der Waals surface area contributed by atoms with Crippen LogP contribution in [0.25, 0.3) is 0 Å². The van der Waals surface area contributed by atoms with Crippen molar-refractivity contribution in [2.45, 2.75) is 39.3 Å². The molecule has 0 bridgehead atoms. The van der Waals surface area contributed by atoms with Gasteiger partial charge in [0.15, 0.2) is 5.96 Å². The van der Waals surface area contributed by atoms with Crippen molar-refractivity contribution in [1.82, 2.24) is 10.2 Å². The first-order valence-corrected chi connectivity index (χ1v) is 9.35. The molecule has 1 saturated carbocycles. The lowest BCUT2D eigenvalue weighted by atomic mass is 9.57. The number of nitrogens with one attached hydrogen (secondary N) is 1. The predicted molar refractivity (Wildman–Crippen MR) is 117 cm³/mol. The zero-order chi connectivity index (χ0) is 17.9. The van der Waals surface area contributed by atoms with E-state index in [1.54, 1.807) is 0 Å². The monoisotopic (exact) mass is 473 g/mol. The molecule has 0 radical (unpaired) electrons. The zero-order valence-corrected chi connectivity index (χ0v) is 18.6. The Morgan fingerprint density at radius 1 is 1.35 bits per heavy atom. The maximum Gasteiger partial charge on any atom is 0.194 e. The Morgan fingerprint density at radius 2 is 2.08 bits per heavy atom. The van der Waals surface area contributed by atoms with E-state index < -0.39 is 0 Å². The Bertz CT molecular complexity index is 594. The van der Waals surface area contributed by atoms with Crippen LogP contribution >= 0.6 is 24.0 Å². The van der Waals surface area contributed by atoms with Crippen LogP contribution in [0, 0.1) is 11.3 Å². The maximum absolute atomic E-state index is 5.90. The molecule has 5 nitrogen and oxygen atoms in total. The van der Waals surface area contributed by atoms with E-state index in [1.807, 2.05) is 30.3 Å². The highest BCUT2D eigenvalue weighted by Crippen LogP contribution is 2.52. The van der Waals surface area contributed by atoms with Gasteiger partial charge in [0.25, 0.3) is 0 Å². The molecule has 6 heteroatoms. The lowest BCUT2D eigenvalue weighted by Crippen LogP contribution is -2.68. The van der Waals surface area contributed by atoms with Gasteiger partial charge in [-0.25, -0.2) is 0 Å². The van der Waals surface area contributed by atoms with Crippen LogP contribution in [0.15, 0.2) is 35.3 Å². The molecule has 1 aromatic carbocycles. The van der Waals surface area contributed by atoms with Crippen LogP contribution in [-0.4, -0.2) is 56.4 Å². The van der Waals surface area contributed by atoms with Crippen molar-refractivity contribution in [1.29, 1.82) is 0 Å². The number of hydrogen-bond donors (Lipinski definition) is 1. The minimum atomic E-state index is 0. The van der Waals surface area contributed by atoms with Crippen molar-refractivity contribution in [3.05, 3.63) is 30.3 Å². The SMILES string of the molecule is CCN=C(NC1C2CCOC2C1(C)C)N(C)CCOc1ccccc1.I. The highest BCUT2D eigenvalue weighted by molar-refractivity contribution is 14.0. The Balaban J connectivity index is 0.00000243. The number of likely N-dealkylation sites (N-methyl/N-ethyl adjacent to an activating group) is 1. The van der Waals surface area contributed by atoms with Crippen LogP contribution in [-0.2, 0) is 4.74 Å². The van der Waals surface area contributed by atoms with E-state index in [0.717, 1.165) is 37.8 Å². The molecular weight excluding hydrogens is 441 g/mol. The fraction of sp³-hybridized carbons (Fsp3) is 0.650. The van der Waals surface area contributed by atoms with Crippen molar-refractivity contribution in [3.63, 3.8) is 0 Å². The predicted octanol–water partition coefficient (Wildman–Crippen LogP) is 3.39. The van der Waals surface area contributed by atoms with E-state index >= 15 is 0 Å². The number of rotatable bonds is 6. The van der Waals surface area contributed by atoms with Gasteiger partial charge in [-0.3, -0.25) is 4.99 Å². The van der Waals surface area contributed by atoms with Gasteiger partial charge in [-0.1, -0.05) is 32.0 Å². The van der Waals surface area contributed by atoms with Gasteiger partial charge in [0.05, 0.1) is 12.6 Å². The molecule has 1 saturated heterocycles. The molecule has 1 aliphatic heterocycles. The number of benzene rings is 1. The molecule has 1 heterocycles. The smallest absolute Gasteiger partial charge is 0.194 e. The zero-order valence-electron chi connectivity index (χ0n) is 16.3. The second-order valence-corrected chi connectivity index (χ2v) is 7.57. The molecule has 1 aliphatic carbocycles. The molecule has 146 valence electrons. The summed E-state index contributed by atoms with van der Waals surface area (Å²) in [7, 11) is 2.07. The Hall–Kier alpha value is -1.02. The van der Waals surface area contributed by atoms with E-state index in [4.69, 9.17) is 9.47 Å². The van der Waals surface area contributed by atoms with Crippen molar-refractivity contribution in [3.8, 4) is 5.75 Å². The maximum atomic E-state index is 5.90. The number of para-hydroxylation sites is 1. The summed E-state index contributed by atoms with van der Waals surface area (Å²) < 4.78 is 11.7. The average Bonchev–Trinajstić information content (AvgIpc) is 3.06. The van der Waals surface area contributed by atoms with Gasteiger partial charge in [-0.2, -0.15) is 0 Å². The Labute approximate surface area is 174 Å². The van der Waals surface area contributed by atoms with Gasteiger partial charge in [0, 0.05) is 37.6 Å². The first-order chi connectivity index (χ1) is 12.0. The Morgan fingerprint density at radius 3 is 2.77 bits per heavy atom. The third-order valence-corrected chi connectivity index (χ3v) is 5.49. The van der Waals surface area contributed by atoms with E-state index in [9.17, 15) is 0 Å². The summed E-state index contributed by atoms with van der Waals surface area (Å²) in [6.45, 7) is 9.73. The summed E-state index contributed by atoms with van der Waals surface area (Å²) in [5.41, 5.74) is 0.150. The number of aliphatic imine (C=N–C) groups is 1. The lowest BCUT2D eigenvalue weighted by molar-refractivity contribution is -0.107. The summed E-state index contributed by atoms with van der Waals surface area (Å²) in [5.74, 6) is 2.47. The van der Waals surface area contributed by atoms with Crippen LogP contribution in [0.4, 0.5) is 0 Å². The van der Waals surface area contributed by atoms with E-state index in [-0.39, 0.29) is 29.4 Å². The van der Waals surface area contributed by atoms with Crippen LogP contribution in [0.3, 0.4) is 0 Å². The van der Waals surface area contributed by atoms with Crippen LogP contribution in [0.5, 0.6) is 5.75 Å². The summed E-state index contributed by atoms with van der Waals surface area (Å²) >= 11 is 0. The van der Waals surface area contributed by atoms with Gasteiger partial charge in [0.2, 0.25) is 0 Å². The van der Waals surface area contributed by atoms with Gasteiger partial charge in [-0.05, 0) is 25.5 Å². The molecule has 3 unspecified atom stereocenters. The summed E-state index contributed by atoms with van der Waals surface area (Å²) in [4.78, 5) is 6.84. The fourth-order valence-corrected chi connectivity index (χ4v) is 4.11. The van der Waals surface area contributed by atoms with Gasteiger partial charge < -0.3 is 19.7 Å². The minimum Gasteiger partial charge on any atom is -0.492 e. The van der Waals surface area contributed by atoms with Crippen LogP contribution in [0.2, 0.25) is 0 Å². The van der Waals surface area contributed by atoms with Gasteiger partial charge >= 0.3 is 0 Å². The van der Waals surface area contributed by atoms with Gasteiger partial charge in [0.1, 0.15) is 12.4 Å². The summed E-state index contributed by atoms with van der Waals surface area (Å²) in [6.07, 6.45) is 1.53. The number of fused-ring (bicyclic) bond motifs is 1. The van der Waals surface area contributed by atoms with Crippen molar-refractivity contribution in [2.75, 3.05) is 33.4 Å². The van der Waals surface area contributed by atoms with E-state index in [0.29, 0.717) is 24.7 Å². The van der Waals surface area contributed by atoms with Crippen molar-refractivity contribution < 1.29 is 9.47 Å². The highest BCUT2D eigenvalue weighted by atomic mass is 127. The number of ether oxygens (including phenoxy) is 2. The number of halogens is 1. The molecule has 1 N–H and O–H groups in total. The standard InChI is InChI=1S/C20H31N3O2.HI/c1-5-21-19(22-17-16-11-13-25-18(16)20(17,2)3)23(4)12-14-24-15-9-7-6-8-10-15;/h6-10,16-18H,5,11-14H2,1-4H3,(H,21,22);1H. The molecule has 2 aliphatic rings. The second-order valence-electron chi connectivity index (χ2n) is 7.57. The number of nitrogens with zero attached hydrogens (tertiary/aromatic N) is 2. The second kappa shape index (κ2) is 9.26. The number of hydrogen-bond acceptors (Lipinski definition) is 3. The molecule has 0 aromatic heterocycles. The van der Waals surface area contributed by atoms with E-state index in [2.05, 4.69) is 43.0 Å². The lowest BCUT2D eigenvalue weighted by Gasteiger charge is -2.55. The van der Waals surface area contributed by atoms with Crippen molar-refractivity contribution in [2.24, 2.45) is 16.3 Å². The van der Waals surface area contributed by atoms with Crippen LogP contribution < -0.4 is 10.1 Å². The minimum absolute atomic E-state index is 0. The molecule has 3 rings (SSSR count). The molecule has 26 heavy (non-hydrogen) atoms. The average molecular weight is 473 g/mol. The molecule has 1 aromatic rings. The molecule has 3 atom stereocenters. The number of guanidine groups is 1. The highest BCUT2D eigenvalue weighted by Gasteiger charge is 2.59. The molecule has 2 fully saturated rings. The first-order valence-electron chi connectivity index (χ1n) is 9.35. The molecule has 0 amide bonds. The quantitative estimate of drug-likeness (QED) is 0.391. The summed E-state index contributed by atoms with van der Waals surface area (Å²) in [6, 6.07) is 10.4.